The van der Waals surface area contributed by atoms with Gasteiger partial charge in [0.25, 0.3) is 5.56 Å². The molecule has 1 aliphatic heterocycles. The number of hydrogen-bond donors (Lipinski definition) is 0. The van der Waals surface area contributed by atoms with Crippen LogP contribution in [-0.2, 0) is 25.1 Å². The zero-order valence-electron chi connectivity index (χ0n) is 17.2. The van der Waals surface area contributed by atoms with Gasteiger partial charge in [-0.3, -0.25) is 9.36 Å². The van der Waals surface area contributed by atoms with Crippen molar-refractivity contribution in [1.29, 1.82) is 0 Å². The van der Waals surface area contributed by atoms with Crippen molar-refractivity contribution < 1.29 is 9.47 Å². The molecule has 1 atom stereocenters. The Balaban J connectivity index is 1.53. The van der Waals surface area contributed by atoms with Gasteiger partial charge in [0.05, 0.1) is 5.39 Å². The van der Waals surface area contributed by atoms with Crippen LogP contribution in [0.5, 0.6) is 11.5 Å². The second-order valence-corrected chi connectivity index (χ2v) is 10.3. The van der Waals surface area contributed by atoms with Gasteiger partial charge in [0.2, 0.25) is 6.79 Å². The highest BCUT2D eigenvalue weighted by molar-refractivity contribution is 7.98. The summed E-state index contributed by atoms with van der Waals surface area (Å²) in [7, 11) is 0. The third-order valence-electron chi connectivity index (χ3n) is 5.61. The van der Waals surface area contributed by atoms with Crippen LogP contribution in [-0.4, -0.2) is 16.3 Å². The van der Waals surface area contributed by atoms with Gasteiger partial charge in [0, 0.05) is 17.2 Å². The Morgan fingerprint density at radius 1 is 1.37 bits per heavy atom. The molecule has 0 amide bonds. The molecular formula is C23H24N2O3S2. The number of benzene rings is 1. The van der Waals surface area contributed by atoms with E-state index in [4.69, 9.17) is 14.5 Å². The van der Waals surface area contributed by atoms with E-state index in [-0.39, 0.29) is 12.4 Å². The fraction of sp³-hybridized carbons (Fsp3) is 0.391. The molecule has 0 bridgehead atoms. The van der Waals surface area contributed by atoms with Gasteiger partial charge >= 0.3 is 0 Å². The van der Waals surface area contributed by atoms with Gasteiger partial charge in [0.15, 0.2) is 16.7 Å². The second-order valence-electron chi connectivity index (χ2n) is 8.25. The minimum absolute atomic E-state index is 0.0724. The van der Waals surface area contributed by atoms with E-state index in [1.165, 1.54) is 10.4 Å². The topological polar surface area (TPSA) is 53.4 Å². The van der Waals surface area contributed by atoms with Crippen LogP contribution < -0.4 is 15.0 Å². The first kappa shape index (κ1) is 19.7. The molecule has 1 aromatic carbocycles. The lowest BCUT2D eigenvalue weighted by molar-refractivity contribution is 0.174. The standard InChI is InChI=1S/C23H24N2O3S2/c1-13(2)10-25-22(26)20-16-6-4-14(3)8-19(16)30-21(20)24-23(25)29-11-15-5-7-17-18(9-15)28-12-27-17/h5,7,9,14H,1,4,6,8,10-12H2,2-3H3. The molecule has 2 aromatic heterocycles. The molecular weight excluding hydrogens is 416 g/mol. The van der Waals surface area contributed by atoms with Crippen molar-refractivity contribution in [3.63, 3.8) is 0 Å². The van der Waals surface area contributed by atoms with Gasteiger partial charge < -0.3 is 9.47 Å². The molecule has 0 saturated heterocycles. The van der Waals surface area contributed by atoms with Crippen molar-refractivity contribution >= 4 is 33.3 Å². The molecule has 156 valence electrons. The van der Waals surface area contributed by atoms with E-state index < -0.39 is 0 Å². The number of aryl methyl sites for hydroxylation is 1. The van der Waals surface area contributed by atoms with Crippen molar-refractivity contribution in [2.24, 2.45) is 5.92 Å². The average Bonchev–Trinajstić information content (AvgIpc) is 3.31. The molecule has 1 unspecified atom stereocenters. The van der Waals surface area contributed by atoms with E-state index in [2.05, 4.69) is 13.5 Å². The summed E-state index contributed by atoms with van der Waals surface area (Å²) in [4.78, 5) is 20.7. The Bertz CT molecular complexity index is 1210. The van der Waals surface area contributed by atoms with Crippen LogP contribution in [0.2, 0.25) is 0 Å². The highest BCUT2D eigenvalue weighted by atomic mass is 32.2. The number of rotatable bonds is 5. The van der Waals surface area contributed by atoms with Crippen LogP contribution in [0.15, 0.2) is 40.3 Å². The second kappa shape index (κ2) is 7.78. The number of allylic oxidation sites excluding steroid dienone is 1. The molecule has 0 radical (unpaired) electrons. The van der Waals surface area contributed by atoms with Gasteiger partial charge in [-0.05, 0) is 55.4 Å². The molecule has 0 saturated carbocycles. The molecule has 1 aliphatic carbocycles. The quantitative estimate of drug-likeness (QED) is 0.311. The molecule has 0 fully saturated rings. The Labute approximate surface area is 183 Å². The molecule has 3 heterocycles. The van der Waals surface area contributed by atoms with Crippen molar-refractivity contribution in [2.45, 2.75) is 50.6 Å². The minimum Gasteiger partial charge on any atom is -0.454 e. The number of thiophene rings is 1. The lowest BCUT2D eigenvalue weighted by Gasteiger charge is -2.17. The van der Waals surface area contributed by atoms with E-state index in [0.29, 0.717) is 18.2 Å². The fourth-order valence-electron chi connectivity index (χ4n) is 4.10. The summed E-state index contributed by atoms with van der Waals surface area (Å²) in [6, 6.07) is 5.97. The van der Waals surface area contributed by atoms with Crippen molar-refractivity contribution in [3.8, 4) is 11.5 Å². The fourth-order valence-corrected chi connectivity index (χ4v) is 6.47. The smallest absolute Gasteiger partial charge is 0.263 e. The zero-order valence-corrected chi connectivity index (χ0v) is 18.8. The SMILES string of the molecule is C=C(C)Cn1c(SCc2ccc3c(c2)OCO3)nc2sc3c(c2c1=O)CCC(C)C3. The minimum atomic E-state index is 0.0724. The van der Waals surface area contributed by atoms with E-state index in [9.17, 15) is 4.79 Å². The monoisotopic (exact) mass is 440 g/mol. The average molecular weight is 441 g/mol. The predicted molar refractivity (Wildman–Crippen MR) is 122 cm³/mol. The maximum absolute atomic E-state index is 13.5. The maximum atomic E-state index is 13.5. The maximum Gasteiger partial charge on any atom is 0.263 e. The Morgan fingerprint density at radius 2 is 2.20 bits per heavy atom. The largest absolute Gasteiger partial charge is 0.454 e. The summed E-state index contributed by atoms with van der Waals surface area (Å²) in [5, 5.41) is 1.58. The first-order chi connectivity index (χ1) is 14.5. The first-order valence-electron chi connectivity index (χ1n) is 10.2. The number of nitrogens with zero attached hydrogens (tertiary/aromatic N) is 2. The molecule has 7 heteroatoms. The third-order valence-corrected chi connectivity index (χ3v) is 7.81. The van der Waals surface area contributed by atoms with Gasteiger partial charge in [-0.2, -0.15) is 0 Å². The van der Waals surface area contributed by atoms with Crippen molar-refractivity contribution in [1.82, 2.24) is 9.55 Å². The van der Waals surface area contributed by atoms with Gasteiger partial charge in [-0.15, -0.1) is 11.3 Å². The predicted octanol–water partition coefficient (Wildman–Crippen LogP) is 5.18. The molecule has 3 aromatic rings. The molecule has 0 N–H and O–H groups in total. The molecule has 2 aliphatic rings. The van der Waals surface area contributed by atoms with Crippen molar-refractivity contribution in [3.05, 3.63) is 56.7 Å². The van der Waals surface area contributed by atoms with E-state index in [0.717, 1.165) is 57.3 Å². The Hall–Kier alpha value is -2.25. The first-order valence-corrected chi connectivity index (χ1v) is 12.0. The van der Waals surface area contributed by atoms with Crippen LogP contribution >= 0.6 is 23.1 Å². The van der Waals surface area contributed by atoms with Crippen molar-refractivity contribution in [2.75, 3.05) is 6.79 Å². The summed E-state index contributed by atoms with van der Waals surface area (Å²) in [5.74, 6) is 2.92. The third kappa shape index (κ3) is 3.54. The van der Waals surface area contributed by atoms with Crippen LogP contribution in [0.1, 0.15) is 36.3 Å². The Morgan fingerprint density at radius 3 is 3.03 bits per heavy atom. The van der Waals surface area contributed by atoms with Crippen LogP contribution in [0.4, 0.5) is 0 Å². The van der Waals surface area contributed by atoms with Crippen LogP contribution in [0.3, 0.4) is 0 Å². The van der Waals surface area contributed by atoms with E-state index >= 15 is 0 Å². The van der Waals surface area contributed by atoms with Gasteiger partial charge in [-0.25, -0.2) is 4.98 Å². The summed E-state index contributed by atoms with van der Waals surface area (Å²) in [5.41, 5.74) is 3.36. The number of aromatic nitrogens is 2. The van der Waals surface area contributed by atoms with Crippen LogP contribution in [0.25, 0.3) is 10.2 Å². The molecule has 5 rings (SSSR count). The lowest BCUT2D eigenvalue weighted by Crippen LogP contribution is -2.24. The number of ether oxygens (including phenoxy) is 2. The highest BCUT2D eigenvalue weighted by Crippen LogP contribution is 2.38. The lowest BCUT2D eigenvalue weighted by atomic mass is 9.89. The highest BCUT2D eigenvalue weighted by Gasteiger charge is 2.25. The summed E-state index contributed by atoms with van der Waals surface area (Å²) in [6.45, 7) is 9.03. The normalized spacial score (nSPS) is 17.3. The molecule has 0 spiro atoms. The number of fused-ring (bicyclic) bond motifs is 4. The molecule has 30 heavy (non-hydrogen) atoms. The molecule has 5 nitrogen and oxygen atoms in total. The van der Waals surface area contributed by atoms with E-state index in [1.54, 1.807) is 27.7 Å². The summed E-state index contributed by atoms with van der Waals surface area (Å²) < 4.78 is 12.7. The van der Waals surface area contributed by atoms with Gasteiger partial charge in [0.1, 0.15) is 4.83 Å². The van der Waals surface area contributed by atoms with Gasteiger partial charge in [-0.1, -0.05) is 36.9 Å². The Kier molecular flexibility index (Phi) is 5.11. The van der Waals surface area contributed by atoms with E-state index in [1.807, 2.05) is 25.1 Å². The zero-order chi connectivity index (χ0) is 20.8. The number of thioether (sulfide) groups is 1. The van der Waals surface area contributed by atoms with Crippen LogP contribution in [0, 0.1) is 5.92 Å². The number of hydrogen-bond acceptors (Lipinski definition) is 6. The summed E-state index contributed by atoms with van der Waals surface area (Å²) in [6.07, 6.45) is 3.17. The summed E-state index contributed by atoms with van der Waals surface area (Å²) >= 11 is 3.28.